The van der Waals surface area contributed by atoms with Gasteiger partial charge in [0.25, 0.3) is 0 Å². The van der Waals surface area contributed by atoms with Gasteiger partial charge in [0, 0.05) is 0 Å². The number of rotatable bonds is 2. The molecule has 0 aliphatic carbocycles. The number of alkyl halides is 3. The van der Waals surface area contributed by atoms with Gasteiger partial charge in [-0.2, -0.15) is 13.2 Å². The molecule has 0 spiro atoms. The average molecular weight is 206 g/mol. The number of benzene rings is 1. The van der Waals surface area contributed by atoms with Gasteiger partial charge in [-0.3, -0.25) is 0 Å². The minimum atomic E-state index is -4.36. The van der Waals surface area contributed by atoms with Crippen LogP contribution in [-0.2, 0) is 6.18 Å². The largest absolute Gasteiger partial charge is 0.493 e. The fourth-order valence-corrected chi connectivity index (χ4v) is 1.01. The standard InChI is InChI=1S/C9H9F3O2/c1-13-7-4-3-6(9(10,11)12)5-8(7)14-2/h3-5H,1-2H3. The van der Waals surface area contributed by atoms with E-state index in [1.54, 1.807) is 0 Å². The number of hydrogen-bond donors (Lipinski definition) is 0. The molecular weight excluding hydrogens is 197 g/mol. The van der Waals surface area contributed by atoms with Crippen LogP contribution in [0.4, 0.5) is 13.2 Å². The van der Waals surface area contributed by atoms with Crippen molar-refractivity contribution in [3.05, 3.63) is 23.8 Å². The van der Waals surface area contributed by atoms with Gasteiger partial charge in [-0.1, -0.05) is 0 Å². The second kappa shape index (κ2) is 3.77. The Hall–Kier alpha value is -1.39. The summed E-state index contributed by atoms with van der Waals surface area (Å²) in [5.41, 5.74) is -0.754. The molecule has 0 saturated carbocycles. The van der Waals surface area contributed by atoms with Crippen molar-refractivity contribution in [2.75, 3.05) is 14.2 Å². The Labute approximate surface area is 79.2 Å². The lowest BCUT2D eigenvalue weighted by atomic mass is 10.2. The lowest BCUT2D eigenvalue weighted by molar-refractivity contribution is -0.137. The summed E-state index contributed by atoms with van der Waals surface area (Å²) in [6, 6.07) is 3.07. The van der Waals surface area contributed by atoms with Crippen LogP contribution in [-0.4, -0.2) is 14.2 Å². The van der Waals surface area contributed by atoms with Gasteiger partial charge in [0.15, 0.2) is 11.5 Å². The van der Waals surface area contributed by atoms with E-state index in [0.29, 0.717) is 0 Å². The number of hydrogen-bond acceptors (Lipinski definition) is 2. The highest BCUT2D eigenvalue weighted by Gasteiger charge is 2.31. The van der Waals surface area contributed by atoms with Crippen LogP contribution in [0.15, 0.2) is 18.2 Å². The molecule has 0 bridgehead atoms. The van der Waals surface area contributed by atoms with E-state index < -0.39 is 11.7 Å². The normalized spacial score (nSPS) is 11.2. The highest BCUT2D eigenvalue weighted by molar-refractivity contribution is 5.43. The molecule has 78 valence electrons. The van der Waals surface area contributed by atoms with E-state index in [9.17, 15) is 13.2 Å². The Kier molecular flexibility index (Phi) is 2.88. The predicted molar refractivity (Wildman–Crippen MR) is 44.5 cm³/mol. The first-order valence-corrected chi connectivity index (χ1v) is 3.78. The summed E-state index contributed by atoms with van der Waals surface area (Å²) in [6.45, 7) is 0. The molecule has 1 aromatic carbocycles. The van der Waals surface area contributed by atoms with Crippen molar-refractivity contribution in [2.24, 2.45) is 0 Å². The van der Waals surface area contributed by atoms with Crippen molar-refractivity contribution in [1.82, 2.24) is 0 Å². The minimum Gasteiger partial charge on any atom is -0.493 e. The first-order chi connectivity index (χ1) is 6.49. The molecule has 0 heterocycles. The maximum absolute atomic E-state index is 12.2. The highest BCUT2D eigenvalue weighted by Crippen LogP contribution is 2.35. The van der Waals surface area contributed by atoms with Gasteiger partial charge in [-0.25, -0.2) is 0 Å². The van der Waals surface area contributed by atoms with Crippen LogP contribution in [0.25, 0.3) is 0 Å². The average Bonchev–Trinajstić information content (AvgIpc) is 2.15. The Balaban J connectivity index is 3.14. The van der Waals surface area contributed by atoms with E-state index >= 15 is 0 Å². The summed E-state index contributed by atoms with van der Waals surface area (Å²) in [4.78, 5) is 0. The van der Waals surface area contributed by atoms with E-state index in [0.717, 1.165) is 12.1 Å². The van der Waals surface area contributed by atoms with Crippen molar-refractivity contribution < 1.29 is 22.6 Å². The summed E-state index contributed by atoms with van der Waals surface area (Å²) in [6.07, 6.45) is -4.36. The summed E-state index contributed by atoms with van der Waals surface area (Å²) in [7, 11) is 2.66. The second-order valence-corrected chi connectivity index (χ2v) is 2.57. The summed E-state index contributed by atoms with van der Waals surface area (Å²) in [5.74, 6) is 0.350. The van der Waals surface area contributed by atoms with Gasteiger partial charge < -0.3 is 9.47 Å². The minimum absolute atomic E-state index is 0.0716. The maximum Gasteiger partial charge on any atom is 0.416 e. The summed E-state index contributed by atoms with van der Waals surface area (Å²) >= 11 is 0. The Bertz CT molecular complexity index is 320. The highest BCUT2D eigenvalue weighted by atomic mass is 19.4. The quantitative estimate of drug-likeness (QED) is 0.740. The van der Waals surface area contributed by atoms with E-state index in [-0.39, 0.29) is 11.5 Å². The molecule has 0 atom stereocenters. The van der Waals surface area contributed by atoms with E-state index in [1.807, 2.05) is 0 Å². The molecule has 1 aromatic rings. The van der Waals surface area contributed by atoms with Crippen molar-refractivity contribution >= 4 is 0 Å². The molecule has 14 heavy (non-hydrogen) atoms. The zero-order valence-corrected chi connectivity index (χ0v) is 7.68. The van der Waals surface area contributed by atoms with Crippen LogP contribution in [0, 0.1) is 0 Å². The molecule has 2 nitrogen and oxygen atoms in total. The van der Waals surface area contributed by atoms with Gasteiger partial charge in [0.1, 0.15) is 0 Å². The molecule has 0 N–H and O–H groups in total. The zero-order chi connectivity index (χ0) is 10.8. The molecule has 0 aliphatic rings. The smallest absolute Gasteiger partial charge is 0.416 e. The van der Waals surface area contributed by atoms with Crippen LogP contribution in [0.1, 0.15) is 5.56 Å². The Morgan fingerprint density at radius 2 is 1.57 bits per heavy atom. The zero-order valence-electron chi connectivity index (χ0n) is 7.68. The van der Waals surface area contributed by atoms with Crippen molar-refractivity contribution in [2.45, 2.75) is 6.18 Å². The van der Waals surface area contributed by atoms with E-state index in [1.165, 1.54) is 20.3 Å². The first-order valence-electron chi connectivity index (χ1n) is 3.78. The van der Waals surface area contributed by atoms with Crippen LogP contribution >= 0.6 is 0 Å². The summed E-state index contributed by atoms with van der Waals surface area (Å²) < 4.78 is 46.3. The van der Waals surface area contributed by atoms with Crippen LogP contribution in [0.2, 0.25) is 0 Å². The molecule has 1 rings (SSSR count). The number of methoxy groups -OCH3 is 2. The number of ether oxygens (including phenoxy) is 2. The third-order valence-corrected chi connectivity index (χ3v) is 1.71. The van der Waals surface area contributed by atoms with Crippen molar-refractivity contribution in [3.8, 4) is 11.5 Å². The molecule has 0 fully saturated rings. The third-order valence-electron chi connectivity index (χ3n) is 1.71. The molecule has 0 saturated heterocycles. The van der Waals surface area contributed by atoms with Gasteiger partial charge >= 0.3 is 6.18 Å². The lowest BCUT2D eigenvalue weighted by Crippen LogP contribution is -2.05. The van der Waals surface area contributed by atoms with Gasteiger partial charge in [0.05, 0.1) is 19.8 Å². The molecule has 0 radical (unpaired) electrons. The van der Waals surface area contributed by atoms with Gasteiger partial charge in [0.2, 0.25) is 0 Å². The Morgan fingerprint density at radius 3 is 2.00 bits per heavy atom. The lowest BCUT2D eigenvalue weighted by Gasteiger charge is -2.11. The fourth-order valence-electron chi connectivity index (χ4n) is 1.01. The van der Waals surface area contributed by atoms with E-state index in [4.69, 9.17) is 9.47 Å². The maximum atomic E-state index is 12.2. The monoisotopic (exact) mass is 206 g/mol. The summed E-state index contributed by atoms with van der Waals surface area (Å²) in [5, 5.41) is 0. The molecule has 0 aromatic heterocycles. The van der Waals surface area contributed by atoms with Gasteiger partial charge in [-0.15, -0.1) is 0 Å². The molecule has 5 heteroatoms. The SMILES string of the molecule is COc1ccc(C(F)(F)F)cc1OC. The molecule has 0 amide bonds. The molecular formula is C9H9F3O2. The third kappa shape index (κ3) is 2.10. The molecule has 0 unspecified atom stereocenters. The second-order valence-electron chi connectivity index (χ2n) is 2.57. The fraction of sp³-hybridized carbons (Fsp3) is 0.333. The van der Waals surface area contributed by atoms with Crippen LogP contribution in [0.3, 0.4) is 0 Å². The van der Waals surface area contributed by atoms with E-state index in [2.05, 4.69) is 0 Å². The number of halogens is 3. The molecule has 0 aliphatic heterocycles. The van der Waals surface area contributed by atoms with Crippen LogP contribution < -0.4 is 9.47 Å². The van der Waals surface area contributed by atoms with Crippen molar-refractivity contribution in [3.63, 3.8) is 0 Å². The van der Waals surface area contributed by atoms with Crippen LogP contribution in [0.5, 0.6) is 11.5 Å². The van der Waals surface area contributed by atoms with Gasteiger partial charge in [-0.05, 0) is 18.2 Å². The topological polar surface area (TPSA) is 18.5 Å². The first kappa shape index (κ1) is 10.7. The van der Waals surface area contributed by atoms with Crippen molar-refractivity contribution in [1.29, 1.82) is 0 Å². The Morgan fingerprint density at radius 1 is 1.00 bits per heavy atom. The predicted octanol–water partition coefficient (Wildman–Crippen LogP) is 2.72.